The fourth-order valence-corrected chi connectivity index (χ4v) is 2.65. The van der Waals surface area contributed by atoms with E-state index in [1.165, 1.54) is 23.1 Å². The number of rotatable bonds is 5. The van der Waals surface area contributed by atoms with E-state index >= 15 is 0 Å². The SMILES string of the molecule is Cl.FC(F)(F)c1cccc(CNCCc2c[nH]c3ccccc23)c1. The van der Waals surface area contributed by atoms with Crippen LogP contribution in [0.1, 0.15) is 16.7 Å². The van der Waals surface area contributed by atoms with Crippen molar-refractivity contribution in [2.24, 2.45) is 0 Å². The molecule has 0 amide bonds. The number of halogens is 4. The summed E-state index contributed by atoms with van der Waals surface area (Å²) in [7, 11) is 0. The predicted molar refractivity (Wildman–Crippen MR) is 92.4 cm³/mol. The third-order valence-corrected chi connectivity index (χ3v) is 3.83. The molecule has 0 spiro atoms. The van der Waals surface area contributed by atoms with E-state index in [0.717, 1.165) is 18.0 Å². The van der Waals surface area contributed by atoms with Crippen molar-refractivity contribution >= 4 is 23.3 Å². The second kappa shape index (κ2) is 7.73. The third kappa shape index (κ3) is 4.30. The highest BCUT2D eigenvalue weighted by atomic mass is 35.5. The van der Waals surface area contributed by atoms with Crippen LogP contribution in [0.15, 0.2) is 54.7 Å². The van der Waals surface area contributed by atoms with Gasteiger partial charge >= 0.3 is 6.18 Å². The Morgan fingerprint density at radius 3 is 2.58 bits per heavy atom. The van der Waals surface area contributed by atoms with Crippen LogP contribution in [-0.2, 0) is 19.1 Å². The van der Waals surface area contributed by atoms with Crippen molar-refractivity contribution in [2.45, 2.75) is 19.1 Å². The first kappa shape index (κ1) is 18.4. The van der Waals surface area contributed by atoms with Gasteiger partial charge in [-0.05, 0) is 36.2 Å². The van der Waals surface area contributed by atoms with Gasteiger partial charge in [0.15, 0.2) is 0 Å². The number of fused-ring (bicyclic) bond motifs is 1. The molecule has 0 bridgehead atoms. The summed E-state index contributed by atoms with van der Waals surface area (Å²) in [5, 5.41) is 4.39. The van der Waals surface area contributed by atoms with Gasteiger partial charge in [-0.15, -0.1) is 12.4 Å². The maximum absolute atomic E-state index is 12.7. The Morgan fingerprint density at radius 2 is 1.79 bits per heavy atom. The zero-order valence-corrected chi connectivity index (χ0v) is 13.7. The highest BCUT2D eigenvalue weighted by molar-refractivity contribution is 5.85. The van der Waals surface area contributed by atoms with Gasteiger partial charge in [-0.25, -0.2) is 0 Å². The topological polar surface area (TPSA) is 27.8 Å². The Labute approximate surface area is 144 Å². The van der Waals surface area contributed by atoms with E-state index < -0.39 is 11.7 Å². The number of aromatic amines is 1. The average Bonchev–Trinajstić information content (AvgIpc) is 2.94. The van der Waals surface area contributed by atoms with Gasteiger partial charge in [0.1, 0.15) is 0 Å². The van der Waals surface area contributed by atoms with Crippen LogP contribution in [0.3, 0.4) is 0 Å². The lowest BCUT2D eigenvalue weighted by atomic mass is 10.1. The van der Waals surface area contributed by atoms with Crippen molar-refractivity contribution < 1.29 is 13.2 Å². The summed E-state index contributed by atoms with van der Waals surface area (Å²) in [5.74, 6) is 0. The van der Waals surface area contributed by atoms with Crippen LogP contribution in [0.4, 0.5) is 13.2 Å². The highest BCUT2D eigenvalue weighted by Crippen LogP contribution is 2.29. The van der Waals surface area contributed by atoms with Crippen molar-refractivity contribution in [1.29, 1.82) is 0 Å². The second-order valence-electron chi connectivity index (χ2n) is 5.48. The van der Waals surface area contributed by atoms with Crippen molar-refractivity contribution in [3.63, 3.8) is 0 Å². The predicted octanol–water partition coefficient (Wildman–Crippen LogP) is 4.94. The molecule has 0 saturated carbocycles. The minimum absolute atomic E-state index is 0. The van der Waals surface area contributed by atoms with Crippen molar-refractivity contribution in [3.05, 3.63) is 71.4 Å². The maximum atomic E-state index is 12.7. The van der Waals surface area contributed by atoms with E-state index in [1.807, 2.05) is 24.4 Å². The Morgan fingerprint density at radius 1 is 1.00 bits per heavy atom. The van der Waals surface area contributed by atoms with Crippen LogP contribution in [0.2, 0.25) is 0 Å². The third-order valence-electron chi connectivity index (χ3n) is 3.83. The molecule has 2 aromatic carbocycles. The number of benzene rings is 2. The quantitative estimate of drug-likeness (QED) is 0.624. The van der Waals surface area contributed by atoms with Gasteiger partial charge in [-0.1, -0.05) is 36.4 Å². The number of hydrogen-bond acceptors (Lipinski definition) is 1. The molecule has 0 atom stereocenters. The molecule has 2 N–H and O–H groups in total. The summed E-state index contributed by atoms with van der Waals surface area (Å²) >= 11 is 0. The molecule has 0 unspecified atom stereocenters. The van der Waals surface area contributed by atoms with Gasteiger partial charge in [0.05, 0.1) is 5.56 Å². The molecule has 1 heterocycles. The smallest absolute Gasteiger partial charge is 0.361 e. The minimum atomic E-state index is -4.29. The zero-order valence-electron chi connectivity index (χ0n) is 12.9. The zero-order chi connectivity index (χ0) is 16.3. The Hall–Kier alpha value is -1.98. The molecule has 3 rings (SSSR count). The molecule has 2 nitrogen and oxygen atoms in total. The van der Waals surface area contributed by atoms with Crippen LogP contribution in [0.25, 0.3) is 10.9 Å². The number of hydrogen-bond donors (Lipinski definition) is 2. The summed E-state index contributed by atoms with van der Waals surface area (Å²) in [5.41, 5.74) is 2.34. The summed E-state index contributed by atoms with van der Waals surface area (Å²) in [6, 6.07) is 13.5. The first-order chi connectivity index (χ1) is 11.0. The molecule has 24 heavy (non-hydrogen) atoms. The molecule has 0 aliphatic rings. The molecular weight excluding hydrogens is 337 g/mol. The molecule has 3 aromatic rings. The molecule has 1 aromatic heterocycles. The largest absolute Gasteiger partial charge is 0.416 e. The first-order valence-electron chi connectivity index (χ1n) is 7.46. The van der Waals surface area contributed by atoms with Gasteiger partial charge in [0, 0.05) is 23.6 Å². The van der Waals surface area contributed by atoms with Crippen LogP contribution in [0.5, 0.6) is 0 Å². The van der Waals surface area contributed by atoms with E-state index in [-0.39, 0.29) is 12.4 Å². The number of alkyl halides is 3. The Kier molecular flexibility index (Phi) is 5.91. The number of aromatic nitrogens is 1. The Bertz CT molecular complexity index is 796. The van der Waals surface area contributed by atoms with E-state index in [1.54, 1.807) is 6.07 Å². The van der Waals surface area contributed by atoms with Crippen LogP contribution >= 0.6 is 12.4 Å². The normalized spacial score (nSPS) is 11.5. The summed E-state index contributed by atoms with van der Waals surface area (Å²) in [6.07, 6.45) is -1.49. The second-order valence-corrected chi connectivity index (χ2v) is 5.48. The highest BCUT2D eigenvalue weighted by Gasteiger charge is 2.30. The number of para-hydroxylation sites is 1. The molecule has 0 radical (unpaired) electrons. The van der Waals surface area contributed by atoms with Crippen molar-refractivity contribution in [2.75, 3.05) is 6.54 Å². The molecular formula is C18H18ClF3N2. The average molecular weight is 355 g/mol. The van der Waals surface area contributed by atoms with Gasteiger partial charge in [0.25, 0.3) is 0 Å². The lowest BCUT2D eigenvalue weighted by Crippen LogP contribution is -2.17. The fourth-order valence-electron chi connectivity index (χ4n) is 2.65. The monoisotopic (exact) mass is 354 g/mol. The number of nitrogens with one attached hydrogen (secondary N) is 2. The summed E-state index contributed by atoms with van der Waals surface area (Å²) in [4.78, 5) is 3.22. The summed E-state index contributed by atoms with van der Waals surface area (Å²) < 4.78 is 38.0. The van der Waals surface area contributed by atoms with Crippen molar-refractivity contribution in [3.8, 4) is 0 Å². The van der Waals surface area contributed by atoms with Crippen LogP contribution in [0, 0.1) is 0 Å². The molecule has 6 heteroatoms. The van der Waals surface area contributed by atoms with Gasteiger partial charge in [0.2, 0.25) is 0 Å². The van der Waals surface area contributed by atoms with Crippen LogP contribution in [-0.4, -0.2) is 11.5 Å². The molecule has 128 valence electrons. The lowest BCUT2D eigenvalue weighted by molar-refractivity contribution is -0.137. The first-order valence-corrected chi connectivity index (χ1v) is 7.46. The molecule has 0 aliphatic carbocycles. The van der Waals surface area contributed by atoms with E-state index in [2.05, 4.69) is 16.4 Å². The Balaban J connectivity index is 0.00000208. The van der Waals surface area contributed by atoms with Gasteiger partial charge < -0.3 is 10.3 Å². The lowest BCUT2D eigenvalue weighted by Gasteiger charge is -2.09. The maximum Gasteiger partial charge on any atom is 0.416 e. The van der Waals surface area contributed by atoms with E-state index in [4.69, 9.17) is 0 Å². The standard InChI is InChI=1S/C18H17F3N2.ClH/c19-18(20,21)15-5-3-4-13(10-15)11-22-9-8-14-12-23-17-7-2-1-6-16(14)17;/h1-7,10,12,22-23H,8-9,11H2;1H. The molecule has 0 aliphatic heterocycles. The van der Waals surface area contributed by atoms with Crippen LogP contribution < -0.4 is 5.32 Å². The van der Waals surface area contributed by atoms with Crippen molar-refractivity contribution in [1.82, 2.24) is 10.3 Å². The van der Waals surface area contributed by atoms with E-state index in [9.17, 15) is 13.2 Å². The van der Waals surface area contributed by atoms with E-state index in [0.29, 0.717) is 18.7 Å². The number of H-pyrrole nitrogens is 1. The van der Waals surface area contributed by atoms with Gasteiger partial charge in [-0.3, -0.25) is 0 Å². The fraction of sp³-hybridized carbons (Fsp3) is 0.222. The summed E-state index contributed by atoms with van der Waals surface area (Å²) in [6.45, 7) is 1.13. The van der Waals surface area contributed by atoms with Gasteiger partial charge in [-0.2, -0.15) is 13.2 Å². The minimum Gasteiger partial charge on any atom is -0.361 e. The molecule has 0 fully saturated rings. The molecule has 0 saturated heterocycles.